The van der Waals surface area contributed by atoms with E-state index in [4.69, 9.17) is 0 Å². The van der Waals surface area contributed by atoms with Crippen LogP contribution in [0, 0.1) is 5.92 Å². The molecule has 2 aliphatic heterocycles. The number of rotatable bonds is 2. The van der Waals surface area contributed by atoms with Crippen molar-refractivity contribution in [3.05, 3.63) is 0 Å². The van der Waals surface area contributed by atoms with Crippen LogP contribution in [0.2, 0.25) is 0 Å². The first kappa shape index (κ1) is 14.1. The van der Waals surface area contributed by atoms with E-state index in [-0.39, 0.29) is 12.4 Å². The van der Waals surface area contributed by atoms with Crippen molar-refractivity contribution in [3.63, 3.8) is 0 Å². The molecule has 16 heavy (non-hydrogen) atoms. The number of halogens is 1. The van der Waals surface area contributed by atoms with E-state index in [9.17, 15) is 4.79 Å². The summed E-state index contributed by atoms with van der Waals surface area (Å²) in [7, 11) is 0. The predicted molar refractivity (Wildman–Crippen MR) is 71.3 cm³/mol. The van der Waals surface area contributed by atoms with Gasteiger partial charge in [0.15, 0.2) is 0 Å². The van der Waals surface area contributed by atoms with Crippen molar-refractivity contribution in [3.8, 4) is 0 Å². The molecule has 2 fully saturated rings. The van der Waals surface area contributed by atoms with E-state index in [0.717, 1.165) is 38.4 Å². The first-order valence-corrected chi connectivity index (χ1v) is 6.90. The zero-order chi connectivity index (χ0) is 10.7. The minimum absolute atomic E-state index is 0. The highest BCUT2D eigenvalue weighted by atomic mass is 35.5. The lowest BCUT2D eigenvalue weighted by molar-refractivity contribution is -0.131. The van der Waals surface area contributed by atoms with Gasteiger partial charge < -0.3 is 10.2 Å². The van der Waals surface area contributed by atoms with Crippen molar-refractivity contribution in [1.29, 1.82) is 0 Å². The summed E-state index contributed by atoms with van der Waals surface area (Å²) in [4.78, 5) is 14.0. The quantitative estimate of drug-likeness (QED) is 0.818. The van der Waals surface area contributed by atoms with Crippen molar-refractivity contribution < 1.29 is 4.79 Å². The molecule has 2 rings (SSSR count). The Morgan fingerprint density at radius 3 is 3.00 bits per heavy atom. The molecule has 0 aromatic carbocycles. The van der Waals surface area contributed by atoms with Crippen LogP contribution in [0.25, 0.3) is 0 Å². The van der Waals surface area contributed by atoms with Gasteiger partial charge in [0.2, 0.25) is 5.91 Å². The highest BCUT2D eigenvalue weighted by Gasteiger charge is 2.24. The fourth-order valence-electron chi connectivity index (χ4n) is 2.31. The van der Waals surface area contributed by atoms with Gasteiger partial charge >= 0.3 is 0 Å². The molecule has 2 atom stereocenters. The van der Waals surface area contributed by atoms with Crippen LogP contribution in [0.5, 0.6) is 0 Å². The molecule has 0 bridgehead atoms. The van der Waals surface area contributed by atoms with Crippen molar-refractivity contribution in [2.45, 2.75) is 25.0 Å². The van der Waals surface area contributed by atoms with Gasteiger partial charge in [0.1, 0.15) is 0 Å². The second-order valence-corrected chi connectivity index (χ2v) is 6.13. The van der Waals surface area contributed by atoms with Crippen molar-refractivity contribution in [2.75, 3.05) is 31.9 Å². The van der Waals surface area contributed by atoms with E-state index in [1.54, 1.807) is 0 Å². The molecule has 2 saturated heterocycles. The molecule has 1 N–H and O–H groups in total. The van der Waals surface area contributed by atoms with E-state index in [1.165, 1.54) is 6.42 Å². The number of thioether (sulfide) groups is 1. The molecule has 94 valence electrons. The summed E-state index contributed by atoms with van der Waals surface area (Å²) in [6.45, 7) is 6.23. The summed E-state index contributed by atoms with van der Waals surface area (Å²) in [5.41, 5.74) is 0. The second-order valence-electron chi connectivity index (χ2n) is 4.58. The molecular weight excluding hydrogens is 244 g/mol. The van der Waals surface area contributed by atoms with Crippen LogP contribution in [0.15, 0.2) is 0 Å². The number of nitrogens with zero attached hydrogens (tertiary/aromatic N) is 1. The summed E-state index contributed by atoms with van der Waals surface area (Å²) in [5.74, 6) is 2.06. The fourth-order valence-corrected chi connectivity index (χ4v) is 3.32. The molecule has 0 aliphatic carbocycles. The Kier molecular flexibility index (Phi) is 5.94. The van der Waals surface area contributed by atoms with E-state index in [2.05, 4.69) is 17.1 Å². The number of carbonyl (C=O) groups is 1. The van der Waals surface area contributed by atoms with Crippen LogP contribution in [0.3, 0.4) is 0 Å². The molecule has 2 unspecified atom stereocenters. The van der Waals surface area contributed by atoms with E-state index >= 15 is 0 Å². The Morgan fingerprint density at radius 2 is 2.38 bits per heavy atom. The Balaban J connectivity index is 0.00000128. The Morgan fingerprint density at radius 1 is 1.56 bits per heavy atom. The van der Waals surface area contributed by atoms with Gasteiger partial charge in [0, 0.05) is 30.5 Å². The molecule has 0 radical (unpaired) electrons. The van der Waals surface area contributed by atoms with Gasteiger partial charge in [-0.05, 0) is 25.4 Å². The van der Waals surface area contributed by atoms with Crippen molar-refractivity contribution in [1.82, 2.24) is 10.2 Å². The van der Waals surface area contributed by atoms with Crippen molar-refractivity contribution in [2.24, 2.45) is 5.92 Å². The molecule has 5 heteroatoms. The van der Waals surface area contributed by atoms with Crippen LogP contribution < -0.4 is 5.32 Å². The zero-order valence-corrected chi connectivity index (χ0v) is 11.4. The van der Waals surface area contributed by atoms with Gasteiger partial charge in [0.05, 0.1) is 0 Å². The Hall–Kier alpha value is 0.0700. The third-order valence-electron chi connectivity index (χ3n) is 3.22. The number of nitrogens with one attached hydrogen (secondary N) is 1. The van der Waals surface area contributed by atoms with Crippen LogP contribution in [-0.2, 0) is 4.79 Å². The van der Waals surface area contributed by atoms with Gasteiger partial charge in [-0.2, -0.15) is 11.8 Å². The standard InChI is InChI=1S/C11H20N2OS.ClH/c1-9-8-13(4-5-15-9)11(14)6-10-2-3-12-7-10;/h9-10,12H,2-8H2,1H3;1H. The molecule has 1 amide bonds. The Bertz CT molecular complexity index is 234. The van der Waals surface area contributed by atoms with Crippen molar-refractivity contribution >= 4 is 30.1 Å². The summed E-state index contributed by atoms with van der Waals surface area (Å²) < 4.78 is 0. The van der Waals surface area contributed by atoms with E-state index < -0.39 is 0 Å². The second kappa shape index (κ2) is 6.72. The monoisotopic (exact) mass is 264 g/mol. The van der Waals surface area contributed by atoms with E-state index in [0.29, 0.717) is 17.1 Å². The number of hydrogen-bond donors (Lipinski definition) is 1. The molecule has 0 saturated carbocycles. The smallest absolute Gasteiger partial charge is 0.222 e. The topological polar surface area (TPSA) is 32.3 Å². The fraction of sp³-hybridized carbons (Fsp3) is 0.909. The summed E-state index contributed by atoms with van der Waals surface area (Å²) in [5, 5.41) is 3.93. The van der Waals surface area contributed by atoms with Gasteiger partial charge in [0.25, 0.3) is 0 Å². The van der Waals surface area contributed by atoms with E-state index in [1.807, 2.05) is 11.8 Å². The average Bonchev–Trinajstić information content (AvgIpc) is 2.70. The predicted octanol–water partition coefficient (Wildman–Crippen LogP) is 1.37. The van der Waals surface area contributed by atoms with Crippen LogP contribution in [-0.4, -0.2) is 48.0 Å². The Labute approximate surface area is 108 Å². The maximum Gasteiger partial charge on any atom is 0.222 e. The summed E-state index contributed by atoms with van der Waals surface area (Å²) >= 11 is 1.98. The number of carbonyl (C=O) groups excluding carboxylic acids is 1. The minimum Gasteiger partial charge on any atom is -0.341 e. The molecule has 2 aliphatic rings. The molecule has 3 nitrogen and oxygen atoms in total. The highest BCUT2D eigenvalue weighted by Crippen LogP contribution is 2.20. The summed E-state index contributed by atoms with van der Waals surface area (Å²) in [6, 6.07) is 0. The van der Waals surface area contributed by atoms with Crippen LogP contribution >= 0.6 is 24.2 Å². The van der Waals surface area contributed by atoms with Gasteiger partial charge in [-0.3, -0.25) is 4.79 Å². The molecule has 2 heterocycles. The van der Waals surface area contributed by atoms with Gasteiger partial charge in [-0.1, -0.05) is 6.92 Å². The maximum absolute atomic E-state index is 12.0. The van der Waals surface area contributed by atoms with Gasteiger partial charge in [-0.25, -0.2) is 0 Å². The highest BCUT2D eigenvalue weighted by molar-refractivity contribution is 7.99. The summed E-state index contributed by atoms with van der Waals surface area (Å²) in [6.07, 6.45) is 1.92. The number of amides is 1. The first-order valence-electron chi connectivity index (χ1n) is 5.86. The van der Waals surface area contributed by atoms with Gasteiger partial charge in [-0.15, -0.1) is 12.4 Å². The minimum atomic E-state index is 0. The molecular formula is C11H21ClN2OS. The lowest BCUT2D eigenvalue weighted by atomic mass is 10.0. The normalized spacial score (nSPS) is 29.9. The lowest BCUT2D eigenvalue weighted by Gasteiger charge is -2.31. The lowest BCUT2D eigenvalue weighted by Crippen LogP contribution is -2.41. The molecule has 0 aromatic heterocycles. The third-order valence-corrected chi connectivity index (χ3v) is 4.36. The third kappa shape index (κ3) is 3.82. The first-order chi connectivity index (χ1) is 7.25. The molecule has 0 spiro atoms. The van der Waals surface area contributed by atoms with Crippen LogP contribution in [0.1, 0.15) is 19.8 Å². The van der Waals surface area contributed by atoms with Crippen LogP contribution in [0.4, 0.5) is 0 Å². The SMILES string of the molecule is CC1CN(C(=O)CC2CCNC2)CCS1.Cl. The maximum atomic E-state index is 12.0. The zero-order valence-electron chi connectivity index (χ0n) is 9.78. The largest absolute Gasteiger partial charge is 0.341 e. The number of hydrogen-bond acceptors (Lipinski definition) is 3. The average molecular weight is 265 g/mol. The molecule has 0 aromatic rings.